The highest BCUT2D eigenvalue weighted by molar-refractivity contribution is 5.76. The van der Waals surface area contributed by atoms with E-state index in [2.05, 4.69) is 84.3 Å². The fourth-order valence-corrected chi connectivity index (χ4v) is 4.03. The van der Waals surface area contributed by atoms with Gasteiger partial charge in [0, 0.05) is 38.1 Å². The Labute approximate surface area is 177 Å². The molecule has 2 aromatic rings. The summed E-state index contributed by atoms with van der Waals surface area (Å²) in [4.78, 5) is 17.4. The van der Waals surface area contributed by atoms with Crippen molar-refractivity contribution in [1.82, 2.24) is 9.80 Å². The zero-order valence-corrected chi connectivity index (χ0v) is 18.7. The zero-order valence-electron chi connectivity index (χ0n) is 18.7. The van der Waals surface area contributed by atoms with E-state index >= 15 is 0 Å². The number of likely N-dealkylation sites (tertiary alicyclic amines) is 1. The van der Waals surface area contributed by atoms with Crippen LogP contribution in [0.3, 0.4) is 0 Å². The summed E-state index contributed by atoms with van der Waals surface area (Å²) >= 11 is 0. The lowest BCUT2D eigenvalue weighted by Crippen LogP contribution is -2.42. The molecule has 0 saturated carbocycles. The second-order valence-corrected chi connectivity index (χ2v) is 7.74. The molecule has 29 heavy (non-hydrogen) atoms. The van der Waals surface area contributed by atoms with Crippen molar-refractivity contribution in [2.45, 2.75) is 72.0 Å². The number of hydrogen-bond donors (Lipinski definition) is 0. The number of benzene rings is 2. The highest BCUT2D eigenvalue weighted by Crippen LogP contribution is 2.26. The molecule has 0 N–H and O–H groups in total. The van der Waals surface area contributed by atoms with Gasteiger partial charge in [0.25, 0.3) is 0 Å². The van der Waals surface area contributed by atoms with E-state index in [1.165, 1.54) is 17.5 Å². The maximum Gasteiger partial charge on any atom is 0.224 e. The van der Waals surface area contributed by atoms with E-state index in [1.807, 2.05) is 13.8 Å². The minimum atomic E-state index is 0.190. The Morgan fingerprint density at radius 3 is 2.03 bits per heavy atom. The molecule has 0 unspecified atom stereocenters. The van der Waals surface area contributed by atoms with E-state index in [4.69, 9.17) is 0 Å². The number of nitrogens with zero attached hydrogens (tertiary/aromatic N) is 2. The molecule has 0 aromatic heterocycles. The molecule has 3 heteroatoms. The van der Waals surface area contributed by atoms with Crippen LogP contribution in [0.5, 0.6) is 0 Å². The van der Waals surface area contributed by atoms with Crippen molar-refractivity contribution in [3.05, 3.63) is 71.8 Å². The van der Waals surface area contributed by atoms with Gasteiger partial charge in [-0.25, -0.2) is 0 Å². The van der Waals surface area contributed by atoms with E-state index < -0.39 is 0 Å². The van der Waals surface area contributed by atoms with Crippen molar-refractivity contribution in [3.8, 4) is 0 Å². The lowest BCUT2D eigenvalue weighted by molar-refractivity contribution is -0.133. The Balaban J connectivity index is 0.00000145. The van der Waals surface area contributed by atoms with Gasteiger partial charge in [-0.1, -0.05) is 74.5 Å². The van der Waals surface area contributed by atoms with Crippen molar-refractivity contribution in [3.63, 3.8) is 0 Å². The number of carbonyl (C=O) groups excluding carboxylic acids is 1. The van der Waals surface area contributed by atoms with Crippen molar-refractivity contribution in [1.29, 1.82) is 0 Å². The van der Waals surface area contributed by atoms with Gasteiger partial charge < -0.3 is 4.90 Å². The maximum atomic E-state index is 12.8. The third kappa shape index (κ3) is 7.01. The molecule has 1 amide bonds. The Hall–Kier alpha value is -2.13. The van der Waals surface area contributed by atoms with Crippen LogP contribution in [0.25, 0.3) is 0 Å². The van der Waals surface area contributed by atoms with Gasteiger partial charge in [-0.2, -0.15) is 0 Å². The number of amides is 1. The number of rotatable bonds is 7. The number of hydrogen-bond acceptors (Lipinski definition) is 2. The van der Waals surface area contributed by atoms with Crippen LogP contribution in [-0.4, -0.2) is 34.8 Å². The quantitative estimate of drug-likeness (QED) is 0.569. The molecule has 3 nitrogen and oxygen atoms in total. The summed E-state index contributed by atoms with van der Waals surface area (Å²) < 4.78 is 0. The van der Waals surface area contributed by atoms with Crippen LogP contribution in [0.2, 0.25) is 0 Å². The Morgan fingerprint density at radius 1 is 0.897 bits per heavy atom. The minimum Gasteiger partial charge on any atom is -0.343 e. The Morgan fingerprint density at radius 2 is 1.45 bits per heavy atom. The predicted molar refractivity (Wildman–Crippen MR) is 123 cm³/mol. The zero-order chi connectivity index (χ0) is 21.1. The summed E-state index contributed by atoms with van der Waals surface area (Å²) in [7, 11) is 0. The molecule has 1 aliphatic heterocycles. The van der Waals surface area contributed by atoms with Gasteiger partial charge in [0.1, 0.15) is 0 Å². The molecule has 158 valence electrons. The molecule has 1 heterocycles. The molecule has 0 radical (unpaired) electrons. The first-order chi connectivity index (χ1) is 14.1. The van der Waals surface area contributed by atoms with Gasteiger partial charge >= 0.3 is 0 Å². The van der Waals surface area contributed by atoms with Crippen molar-refractivity contribution in [2.24, 2.45) is 0 Å². The normalized spacial score (nSPS) is 16.0. The highest BCUT2D eigenvalue weighted by atomic mass is 16.2. The van der Waals surface area contributed by atoms with Gasteiger partial charge in [0.05, 0.1) is 0 Å². The van der Waals surface area contributed by atoms with Crippen LogP contribution >= 0.6 is 0 Å². The number of piperidine rings is 1. The Bertz CT molecular complexity index is 695. The fourth-order valence-electron chi connectivity index (χ4n) is 4.03. The van der Waals surface area contributed by atoms with Crippen molar-refractivity contribution < 1.29 is 4.79 Å². The van der Waals surface area contributed by atoms with Gasteiger partial charge in [0.15, 0.2) is 0 Å². The largest absolute Gasteiger partial charge is 0.343 e. The van der Waals surface area contributed by atoms with E-state index in [0.29, 0.717) is 12.3 Å². The average molecular weight is 395 g/mol. The Kier molecular flexibility index (Phi) is 9.93. The molecule has 3 rings (SSSR count). The fraction of sp³-hybridized carbons (Fsp3) is 0.500. The molecule has 0 aliphatic carbocycles. The summed E-state index contributed by atoms with van der Waals surface area (Å²) in [5.74, 6) is 0.306. The van der Waals surface area contributed by atoms with Crippen LogP contribution in [0.15, 0.2) is 60.7 Å². The molecule has 1 aliphatic rings. The second kappa shape index (κ2) is 12.4. The smallest absolute Gasteiger partial charge is 0.224 e. The average Bonchev–Trinajstić information content (AvgIpc) is 2.80. The molecule has 0 bridgehead atoms. The first-order valence-corrected chi connectivity index (χ1v) is 11.3. The molecule has 2 atom stereocenters. The third-order valence-electron chi connectivity index (χ3n) is 5.73. The SMILES string of the molecule is CC.C[C@H](CC(=O)N1CCCCC1)N(Cc1ccccc1)[C@H](C)c1ccccc1. The summed E-state index contributed by atoms with van der Waals surface area (Å²) in [5.41, 5.74) is 2.59. The first kappa shape index (κ1) is 23.2. The van der Waals surface area contributed by atoms with Gasteiger partial charge in [-0.3, -0.25) is 9.69 Å². The van der Waals surface area contributed by atoms with Crippen LogP contribution < -0.4 is 0 Å². The molecule has 1 fully saturated rings. The summed E-state index contributed by atoms with van der Waals surface area (Å²) in [6.45, 7) is 11.2. The molecule has 2 aromatic carbocycles. The van der Waals surface area contributed by atoms with E-state index in [9.17, 15) is 4.79 Å². The molecule has 0 spiro atoms. The number of carbonyl (C=O) groups is 1. The summed E-state index contributed by atoms with van der Waals surface area (Å²) in [5, 5.41) is 0. The molecular formula is C26H38N2O. The monoisotopic (exact) mass is 394 g/mol. The summed E-state index contributed by atoms with van der Waals surface area (Å²) in [6, 6.07) is 21.6. The first-order valence-electron chi connectivity index (χ1n) is 11.3. The highest BCUT2D eigenvalue weighted by Gasteiger charge is 2.26. The van der Waals surface area contributed by atoms with Crippen LogP contribution in [-0.2, 0) is 11.3 Å². The van der Waals surface area contributed by atoms with E-state index in [0.717, 1.165) is 32.5 Å². The lowest BCUT2D eigenvalue weighted by Gasteiger charge is -2.36. The summed E-state index contributed by atoms with van der Waals surface area (Å²) in [6.07, 6.45) is 4.14. The van der Waals surface area contributed by atoms with E-state index in [-0.39, 0.29) is 12.1 Å². The maximum absolute atomic E-state index is 12.8. The van der Waals surface area contributed by atoms with Gasteiger partial charge in [-0.05, 0) is 44.2 Å². The van der Waals surface area contributed by atoms with Gasteiger partial charge in [0.2, 0.25) is 5.91 Å². The topological polar surface area (TPSA) is 23.6 Å². The second-order valence-electron chi connectivity index (χ2n) is 7.74. The minimum absolute atomic E-state index is 0.190. The van der Waals surface area contributed by atoms with Crippen LogP contribution in [0.1, 0.15) is 70.5 Å². The van der Waals surface area contributed by atoms with Crippen molar-refractivity contribution in [2.75, 3.05) is 13.1 Å². The third-order valence-corrected chi connectivity index (χ3v) is 5.73. The van der Waals surface area contributed by atoms with Crippen molar-refractivity contribution >= 4 is 5.91 Å². The molecular weight excluding hydrogens is 356 g/mol. The molecule has 1 saturated heterocycles. The predicted octanol–water partition coefficient (Wildman–Crippen LogP) is 6.07. The van der Waals surface area contributed by atoms with Crippen LogP contribution in [0.4, 0.5) is 0 Å². The standard InChI is InChI=1S/C24H32N2O.C2H6/c1-20(18-24(27)25-16-10-5-11-17-25)26(19-22-12-6-3-7-13-22)21(2)23-14-8-4-9-15-23;1-2/h3-4,6-9,12-15,20-21H,5,10-11,16-19H2,1-2H3;1-2H3/t20-,21-;/m1./s1. The van der Waals surface area contributed by atoms with E-state index in [1.54, 1.807) is 0 Å². The van der Waals surface area contributed by atoms with Crippen LogP contribution in [0, 0.1) is 0 Å². The lowest BCUT2D eigenvalue weighted by atomic mass is 10.0. The van der Waals surface area contributed by atoms with Gasteiger partial charge in [-0.15, -0.1) is 0 Å².